The van der Waals surface area contributed by atoms with Crippen LogP contribution in [-0.2, 0) is 10.6 Å². The Morgan fingerprint density at radius 3 is 1.72 bits per heavy atom. The standard InChI is InChI=1S/C12H5F11O2/c13-8(10(16,17)18,7-3-1-2-6(4-7)5-24)25-12(22,23)9(14,15)11(19,20)21/h1-5H. The zero-order valence-corrected chi connectivity index (χ0v) is 11.4. The van der Waals surface area contributed by atoms with E-state index in [0.717, 1.165) is 6.07 Å². The first-order valence-electron chi connectivity index (χ1n) is 5.83. The molecule has 0 heterocycles. The molecule has 0 spiro atoms. The lowest BCUT2D eigenvalue weighted by molar-refractivity contribution is -0.488. The molecule has 0 aromatic heterocycles. The van der Waals surface area contributed by atoms with Crippen molar-refractivity contribution >= 4 is 6.29 Å². The second kappa shape index (κ2) is 6.11. The van der Waals surface area contributed by atoms with Crippen LogP contribution in [-0.4, -0.2) is 30.7 Å². The van der Waals surface area contributed by atoms with Gasteiger partial charge in [-0.3, -0.25) is 9.53 Å². The van der Waals surface area contributed by atoms with Crippen LogP contribution < -0.4 is 0 Å². The van der Waals surface area contributed by atoms with Crippen LogP contribution in [0.1, 0.15) is 15.9 Å². The number of halogens is 11. The van der Waals surface area contributed by atoms with Gasteiger partial charge in [-0.1, -0.05) is 18.2 Å². The summed E-state index contributed by atoms with van der Waals surface area (Å²) in [6, 6.07) is 1.45. The highest BCUT2D eigenvalue weighted by molar-refractivity contribution is 5.75. The van der Waals surface area contributed by atoms with Crippen molar-refractivity contribution in [2.24, 2.45) is 0 Å². The molecule has 0 saturated heterocycles. The predicted octanol–water partition coefficient (Wildman–Crippen LogP) is 4.99. The number of carbonyl (C=O) groups excluding carboxylic acids is 1. The number of rotatable bonds is 5. The Hall–Kier alpha value is -1.92. The lowest BCUT2D eigenvalue weighted by Crippen LogP contribution is -2.58. The quantitative estimate of drug-likeness (QED) is 0.523. The third-order valence-electron chi connectivity index (χ3n) is 2.75. The molecular formula is C12H5F11O2. The van der Waals surface area contributed by atoms with Gasteiger partial charge in [0, 0.05) is 11.1 Å². The molecule has 1 rings (SSSR count). The summed E-state index contributed by atoms with van der Waals surface area (Å²) in [7, 11) is 0. The van der Waals surface area contributed by atoms with Gasteiger partial charge in [0.05, 0.1) is 0 Å². The molecule has 0 fully saturated rings. The molecule has 13 heteroatoms. The van der Waals surface area contributed by atoms with Crippen LogP contribution in [0.4, 0.5) is 48.3 Å². The van der Waals surface area contributed by atoms with Crippen LogP contribution in [0.3, 0.4) is 0 Å². The summed E-state index contributed by atoms with van der Waals surface area (Å²) in [5, 5.41) is 0. The second-order valence-electron chi connectivity index (χ2n) is 4.53. The van der Waals surface area contributed by atoms with Crippen LogP contribution >= 0.6 is 0 Å². The maximum Gasteiger partial charge on any atom is 0.462 e. The maximum absolute atomic E-state index is 14.1. The molecule has 1 atom stereocenters. The van der Waals surface area contributed by atoms with Crippen molar-refractivity contribution in [2.75, 3.05) is 0 Å². The van der Waals surface area contributed by atoms with Crippen LogP contribution in [0.5, 0.6) is 0 Å². The van der Waals surface area contributed by atoms with E-state index in [2.05, 4.69) is 4.74 Å². The van der Waals surface area contributed by atoms with Gasteiger partial charge in [0.2, 0.25) is 0 Å². The summed E-state index contributed by atoms with van der Waals surface area (Å²) in [6.45, 7) is 0. The van der Waals surface area contributed by atoms with Gasteiger partial charge in [-0.15, -0.1) is 0 Å². The van der Waals surface area contributed by atoms with Crippen LogP contribution in [0, 0.1) is 0 Å². The van der Waals surface area contributed by atoms with Gasteiger partial charge in [0.1, 0.15) is 6.29 Å². The third-order valence-corrected chi connectivity index (χ3v) is 2.75. The molecule has 0 amide bonds. The molecule has 0 aliphatic heterocycles. The molecule has 0 aliphatic rings. The molecule has 0 bridgehead atoms. The van der Waals surface area contributed by atoms with Gasteiger partial charge >= 0.3 is 30.2 Å². The minimum atomic E-state index is -7.13. The zero-order chi connectivity index (χ0) is 19.9. The highest BCUT2D eigenvalue weighted by Gasteiger charge is 2.78. The summed E-state index contributed by atoms with van der Waals surface area (Å²) in [5.74, 6) is -12.9. The van der Waals surface area contributed by atoms with E-state index in [4.69, 9.17) is 0 Å². The molecule has 142 valence electrons. The molecule has 0 saturated carbocycles. The van der Waals surface area contributed by atoms with Crippen molar-refractivity contribution in [3.05, 3.63) is 35.4 Å². The highest BCUT2D eigenvalue weighted by Crippen LogP contribution is 2.53. The van der Waals surface area contributed by atoms with Crippen molar-refractivity contribution in [3.63, 3.8) is 0 Å². The number of hydrogen-bond donors (Lipinski definition) is 0. The van der Waals surface area contributed by atoms with E-state index in [1.54, 1.807) is 0 Å². The molecule has 2 nitrogen and oxygen atoms in total. The molecule has 25 heavy (non-hydrogen) atoms. The SMILES string of the molecule is O=Cc1cccc(C(F)(OC(F)(F)C(F)(F)C(F)(F)F)C(F)(F)F)c1. The average molecular weight is 390 g/mol. The fourth-order valence-electron chi connectivity index (χ4n) is 1.50. The van der Waals surface area contributed by atoms with E-state index < -0.39 is 41.4 Å². The summed E-state index contributed by atoms with van der Waals surface area (Å²) >= 11 is 0. The van der Waals surface area contributed by atoms with E-state index in [-0.39, 0.29) is 18.4 Å². The predicted molar refractivity (Wildman–Crippen MR) is 57.7 cm³/mol. The number of alkyl halides is 11. The number of ether oxygens (including phenoxy) is 1. The van der Waals surface area contributed by atoms with E-state index >= 15 is 0 Å². The normalized spacial score (nSPS) is 16.4. The molecule has 1 unspecified atom stereocenters. The molecule has 1 aromatic rings. The summed E-state index contributed by atoms with van der Waals surface area (Å²) in [4.78, 5) is 10.4. The summed E-state index contributed by atoms with van der Waals surface area (Å²) in [6.07, 6.45) is -20.6. The van der Waals surface area contributed by atoms with E-state index in [1.165, 1.54) is 0 Å². The van der Waals surface area contributed by atoms with Crippen LogP contribution in [0.15, 0.2) is 24.3 Å². The lowest BCUT2D eigenvalue weighted by atomic mass is 10.0. The Morgan fingerprint density at radius 2 is 1.32 bits per heavy atom. The lowest BCUT2D eigenvalue weighted by Gasteiger charge is -2.35. The first-order chi connectivity index (χ1) is 11.0. The first-order valence-corrected chi connectivity index (χ1v) is 5.83. The molecule has 0 N–H and O–H groups in total. The smallest absolute Gasteiger partial charge is 0.298 e. The van der Waals surface area contributed by atoms with Gasteiger partial charge in [-0.05, 0) is 6.07 Å². The van der Waals surface area contributed by atoms with E-state index in [1.807, 2.05) is 0 Å². The molecule has 1 aromatic carbocycles. The maximum atomic E-state index is 14.1. The number of hydrogen-bond acceptors (Lipinski definition) is 2. The Morgan fingerprint density at radius 1 is 0.800 bits per heavy atom. The minimum Gasteiger partial charge on any atom is -0.298 e. The molecular weight excluding hydrogens is 385 g/mol. The zero-order valence-electron chi connectivity index (χ0n) is 11.4. The minimum absolute atomic E-state index is 0.00228. The summed E-state index contributed by atoms with van der Waals surface area (Å²) in [5.41, 5.74) is -2.64. The Balaban J connectivity index is 3.50. The van der Waals surface area contributed by atoms with Gasteiger partial charge in [-0.2, -0.15) is 48.3 Å². The largest absolute Gasteiger partial charge is 0.462 e. The van der Waals surface area contributed by atoms with Gasteiger partial charge < -0.3 is 0 Å². The Kier molecular flexibility index (Phi) is 5.16. The van der Waals surface area contributed by atoms with Crippen LogP contribution in [0.25, 0.3) is 0 Å². The number of benzene rings is 1. The van der Waals surface area contributed by atoms with Crippen LogP contribution in [0.2, 0.25) is 0 Å². The monoisotopic (exact) mass is 390 g/mol. The van der Waals surface area contributed by atoms with E-state index in [0.29, 0.717) is 6.07 Å². The number of carbonyl (C=O) groups is 1. The van der Waals surface area contributed by atoms with Crippen molar-refractivity contribution in [3.8, 4) is 0 Å². The average Bonchev–Trinajstić information content (AvgIpc) is 2.44. The van der Waals surface area contributed by atoms with Crippen molar-refractivity contribution in [1.29, 1.82) is 0 Å². The fraction of sp³-hybridized carbons (Fsp3) is 0.417. The van der Waals surface area contributed by atoms with Crippen molar-refractivity contribution in [2.45, 2.75) is 30.2 Å². The molecule has 0 radical (unpaired) electrons. The van der Waals surface area contributed by atoms with Crippen molar-refractivity contribution < 1.29 is 57.8 Å². The first kappa shape index (κ1) is 21.1. The van der Waals surface area contributed by atoms with Gasteiger partial charge in [-0.25, -0.2) is 0 Å². The Bertz CT molecular complexity index is 635. The van der Waals surface area contributed by atoms with Gasteiger partial charge in [0.15, 0.2) is 0 Å². The highest BCUT2D eigenvalue weighted by atomic mass is 19.4. The van der Waals surface area contributed by atoms with Crippen molar-refractivity contribution in [1.82, 2.24) is 0 Å². The fourth-order valence-corrected chi connectivity index (χ4v) is 1.50. The summed E-state index contributed by atoms with van der Waals surface area (Å²) < 4.78 is 142. The van der Waals surface area contributed by atoms with E-state index in [9.17, 15) is 53.1 Å². The molecule has 0 aliphatic carbocycles. The second-order valence-corrected chi connectivity index (χ2v) is 4.53. The Labute approximate surface area is 131 Å². The van der Waals surface area contributed by atoms with Gasteiger partial charge in [0.25, 0.3) is 0 Å². The third kappa shape index (κ3) is 3.70. The number of aldehydes is 1. The topological polar surface area (TPSA) is 26.3 Å².